The Morgan fingerprint density at radius 3 is 3.08 bits per heavy atom. The van der Waals surface area contributed by atoms with Crippen LogP contribution in [0.2, 0.25) is 0 Å². The molecule has 0 aromatic carbocycles. The highest BCUT2D eigenvalue weighted by Gasteiger charge is 1.99. The summed E-state index contributed by atoms with van der Waals surface area (Å²) in [5.74, 6) is 0.488. The second-order valence-electron chi connectivity index (χ2n) is 2.45. The minimum absolute atomic E-state index is 0.155. The monoisotopic (exact) mass is 215 g/mol. The maximum absolute atomic E-state index is 11.0. The number of nitrogens with zero attached hydrogens (tertiary/aromatic N) is 1. The number of H-pyrrole nitrogens is 1. The molecule has 0 spiro atoms. The van der Waals surface area contributed by atoms with E-state index >= 15 is 0 Å². The summed E-state index contributed by atoms with van der Waals surface area (Å²) in [4.78, 5) is 18.1. The Morgan fingerprint density at radius 2 is 2.54 bits per heavy atom. The van der Waals surface area contributed by atoms with Crippen molar-refractivity contribution in [3.8, 4) is 0 Å². The molecule has 13 heavy (non-hydrogen) atoms. The summed E-state index contributed by atoms with van der Waals surface area (Å²) in [5, 5.41) is 0.554. The number of nitrogens with two attached hydrogens (primary N) is 1. The molecule has 70 valence electrons. The number of hydrogen-bond donors (Lipinski definition) is 2. The third-order valence-corrected chi connectivity index (χ3v) is 2.45. The van der Waals surface area contributed by atoms with E-state index in [1.807, 2.05) is 0 Å². The normalized spacial score (nSPS) is 9.92. The number of aryl methyl sites for hydroxylation is 1. The van der Waals surface area contributed by atoms with E-state index in [1.165, 1.54) is 17.8 Å². The van der Waals surface area contributed by atoms with Crippen LogP contribution in [0.4, 0.5) is 0 Å². The van der Waals surface area contributed by atoms with Gasteiger partial charge in [0.1, 0.15) is 0 Å². The highest BCUT2D eigenvalue weighted by molar-refractivity contribution is 8.00. The molecule has 0 aliphatic rings. The Kier molecular flexibility index (Phi) is 3.44. The van der Waals surface area contributed by atoms with Crippen LogP contribution in [0.1, 0.15) is 5.69 Å². The van der Waals surface area contributed by atoms with E-state index in [0.29, 0.717) is 21.6 Å². The van der Waals surface area contributed by atoms with Gasteiger partial charge in [-0.05, 0) is 6.92 Å². The minimum Gasteiger partial charge on any atom is -0.393 e. The number of rotatable bonds is 3. The van der Waals surface area contributed by atoms with Crippen LogP contribution in [0.5, 0.6) is 0 Å². The molecule has 6 heteroatoms. The zero-order valence-electron chi connectivity index (χ0n) is 7.03. The molecule has 1 aromatic rings. The molecule has 0 saturated heterocycles. The Morgan fingerprint density at radius 1 is 1.85 bits per heavy atom. The Hall–Kier alpha value is -0.880. The van der Waals surface area contributed by atoms with E-state index in [-0.39, 0.29) is 5.56 Å². The molecule has 0 saturated carbocycles. The van der Waals surface area contributed by atoms with Gasteiger partial charge in [-0.2, -0.15) is 0 Å². The maximum atomic E-state index is 11.0. The van der Waals surface area contributed by atoms with Gasteiger partial charge in [-0.15, -0.1) is 0 Å². The fourth-order valence-corrected chi connectivity index (χ4v) is 1.60. The lowest BCUT2D eigenvalue weighted by atomic mass is 10.5. The molecular weight excluding hydrogens is 206 g/mol. The van der Waals surface area contributed by atoms with E-state index in [0.717, 1.165) is 0 Å². The van der Waals surface area contributed by atoms with Gasteiger partial charge in [-0.1, -0.05) is 24.0 Å². The van der Waals surface area contributed by atoms with E-state index in [4.69, 9.17) is 18.0 Å². The molecule has 0 aliphatic carbocycles. The smallest absolute Gasteiger partial charge is 0.251 e. The largest absolute Gasteiger partial charge is 0.393 e. The average molecular weight is 215 g/mol. The fraction of sp³-hybridized carbons (Fsp3) is 0.286. The molecule has 4 nitrogen and oxygen atoms in total. The summed E-state index contributed by atoms with van der Waals surface area (Å²) >= 11 is 6.02. The first kappa shape index (κ1) is 10.2. The van der Waals surface area contributed by atoms with Crippen molar-refractivity contribution in [2.45, 2.75) is 12.1 Å². The molecule has 0 aliphatic heterocycles. The number of thioether (sulfide) groups is 1. The van der Waals surface area contributed by atoms with Gasteiger partial charge in [-0.25, -0.2) is 4.98 Å². The predicted molar refractivity (Wildman–Crippen MR) is 57.1 cm³/mol. The number of aromatic amines is 1. The van der Waals surface area contributed by atoms with Gasteiger partial charge in [0.15, 0.2) is 5.16 Å². The summed E-state index contributed by atoms with van der Waals surface area (Å²) in [7, 11) is 0. The van der Waals surface area contributed by atoms with E-state index in [9.17, 15) is 4.79 Å². The van der Waals surface area contributed by atoms with E-state index in [2.05, 4.69) is 9.97 Å². The van der Waals surface area contributed by atoms with Crippen molar-refractivity contribution in [3.63, 3.8) is 0 Å². The summed E-state index contributed by atoms with van der Waals surface area (Å²) in [5.41, 5.74) is 5.84. The molecule has 1 aromatic heterocycles. The van der Waals surface area contributed by atoms with Crippen molar-refractivity contribution in [2.24, 2.45) is 5.73 Å². The molecule has 0 bridgehead atoms. The van der Waals surface area contributed by atoms with E-state index in [1.54, 1.807) is 6.92 Å². The average Bonchev–Trinajstić information content (AvgIpc) is 1.99. The topological polar surface area (TPSA) is 71.8 Å². The molecule has 0 atom stereocenters. The molecule has 0 amide bonds. The molecule has 1 rings (SSSR count). The van der Waals surface area contributed by atoms with E-state index < -0.39 is 0 Å². The number of nitrogens with one attached hydrogen (secondary N) is 1. The van der Waals surface area contributed by atoms with Crippen molar-refractivity contribution in [1.82, 2.24) is 9.97 Å². The lowest BCUT2D eigenvalue weighted by Crippen LogP contribution is -2.13. The van der Waals surface area contributed by atoms with Crippen molar-refractivity contribution in [3.05, 3.63) is 22.1 Å². The van der Waals surface area contributed by atoms with Crippen LogP contribution in [0, 0.1) is 6.92 Å². The van der Waals surface area contributed by atoms with Gasteiger partial charge in [0.25, 0.3) is 5.56 Å². The highest BCUT2D eigenvalue weighted by atomic mass is 32.2. The van der Waals surface area contributed by atoms with Crippen LogP contribution in [0.15, 0.2) is 16.0 Å². The van der Waals surface area contributed by atoms with Gasteiger partial charge < -0.3 is 10.7 Å². The Bertz CT molecular complexity index is 374. The lowest BCUT2D eigenvalue weighted by molar-refractivity contribution is 0.907. The van der Waals surface area contributed by atoms with Crippen LogP contribution in [0.3, 0.4) is 0 Å². The third-order valence-electron chi connectivity index (χ3n) is 1.20. The van der Waals surface area contributed by atoms with Gasteiger partial charge in [0, 0.05) is 11.8 Å². The van der Waals surface area contributed by atoms with Gasteiger partial charge >= 0.3 is 0 Å². The highest BCUT2D eigenvalue weighted by Crippen LogP contribution is 2.09. The summed E-state index contributed by atoms with van der Waals surface area (Å²) in [6, 6.07) is 1.44. The number of thiocarbonyl (C=S) groups is 1. The maximum Gasteiger partial charge on any atom is 0.251 e. The van der Waals surface area contributed by atoms with Crippen LogP contribution >= 0.6 is 24.0 Å². The summed E-state index contributed by atoms with van der Waals surface area (Å²) < 4.78 is 0. The molecule has 0 radical (unpaired) electrons. The van der Waals surface area contributed by atoms with Crippen LogP contribution in [0.25, 0.3) is 0 Å². The third kappa shape index (κ3) is 3.56. The first-order valence-corrected chi connectivity index (χ1v) is 4.96. The van der Waals surface area contributed by atoms with Crippen LogP contribution < -0.4 is 11.3 Å². The first-order valence-electron chi connectivity index (χ1n) is 3.57. The van der Waals surface area contributed by atoms with Crippen molar-refractivity contribution >= 4 is 29.0 Å². The summed E-state index contributed by atoms with van der Waals surface area (Å²) in [6.07, 6.45) is 0. The van der Waals surface area contributed by atoms with Gasteiger partial charge in [-0.3, -0.25) is 4.79 Å². The Balaban J connectivity index is 2.77. The zero-order chi connectivity index (χ0) is 9.84. The first-order chi connectivity index (χ1) is 6.08. The summed E-state index contributed by atoms with van der Waals surface area (Å²) in [6.45, 7) is 1.76. The van der Waals surface area contributed by atoms with Gasteiger partial charge in [0.05, 0.1) is 10.7 Å². The Labute approximate surface area is 84.9 Å². The van der Waals surface area contributed by atoms with Crippen molar-refractivity contribution < 1.29 is 0 Å². The molecule has 1 heterocycles. The second kappa shape index (κ2) is 4.38. The zero-order valence-corrected chi connectivity index (χ0v) is 8.67. The lowest BCUT2D eigenvalue weighted by Gasteiger charge is -1.99. The molecular formula is C7H9N3OS2. The second-order valence-corrected chi connectivity index (χ2v) is 3.94. The minimum atomic E-state index is -0.155. The molecule has 3 N–H and O–H groups in total. The van der Waals surface area contributed by atoms with Crippen molar-refractivity contribution in [1.29, 1.82) is 0 Å². The van der Waals surface area contributed by atoms with Crippen LogP contribution in [-0.2, 0) is 0 Å². The quantitative estimate of drug-likeness (QED) is 0.435. The fourth-order valence-electron chi connectivity index (χ4n) is 0.759. The molecule has 0 unspecified atom stereocenters. The molecule has 0 fully saturated rings. The SMILES string of the molecule is Cc1cc(=O)[nH]c(SCC(N)=S)n1. The number of aromatic nitrogens is 2. The standard InChI is InChI=1S/C7H9N3OS2/c1-4-2-6(11)10-7(9-4)13-3-5(8)12/h2H,3H2,1H3,(H2,8,12)(H,9,10,11). The van der Waals surface area contributed by atoms with Gasteiger partial charge in [0.2, 0.25) is 0 Å². The predicted octanol–water partition coefficient (Wildman–Crippen LogP) is 0.457. The van der Waals surface area contributed by atoms with Crippen molar-refractivity contribution in [2.75, 3.05) is 5.75 Å². The number of hydrogen-bond acceptors (Lipinski definition) is 4. The van der Waals surface area contributed by atoms with Crippen LogP contribution in [-0.4, -0.2) is 20.7 Å².